The van der Waals surface area contributed by atoms with Crippen molar-refractivity contribution in [3.8, 4) is 17.1 Å². The molecule has 24 heavy (non-hydrogen) atoms. The van der Waals surface area contributed by atoms with Crippen LogP contribution in [0.15, 0.2) is 42.5 Å². The number of rotatable bonds is 3. The Morgan fingerprint density at radius 1 is 1.04 bits per heavy atom. The number of pyridine rings is 1. The average Bonchev–Trinajstić information content (AvgIpc) is 2.68. The SMILES string of the molecule is COc1nc2ccccc2cc1-c1ccc(N2CCSCC2)nn1. The molecule has 122 valence electrons. The smallest absolute Gasteiger partial charge is 0.223 e. The van der Waals surface area contributed by atoms with Crippen molar-refractivity contribution < 1.29 is 4.74 Å². The highest BCUT2D eigenvalue weighted by atomic mass is 32.2. The van der Waals surface area contributed by atoms with E-state index in [1.54, 1.807) is 7.11 Å². The molecule has 1 aromatic carbocycles. The first-order valence-corrected chi connectivity index (χ1v) is 9.11. The Labute approximate surface area is 145 Å². The van der Waals surface area contributed by atoms with Gasteiger partial charge in [0.1, 0.15) is 0 Å². The third-order valence-electron chi connectivity index (χ3n) is 4.14. The molecule has 0 saturated carbocycles. The van der Waals surface area contributed by atoms with Gasteiger partial charge in [0.05, 0.1) is 23.9 Å². The Morgan fingerprint density at radius 2 is 1.88 bits per heavy atom. The zero-order chi connectivity index (χ0) is 16.4. The molecule has 2 aromatic heterocycles. The monoisotopic (exact) mass is 338 g/mol. The maximum Gasteiger partial charge on any atom is 0.223 e. The van der Waals surface area contributed by atoms with Crippen molar-refractivity contribution in [1.82, 2.24) is 15.2 Å². The number of fused-ring (bicyclic) bond motifs is 1. The fourth-order valence-electron chi connectivity index (χ4n) is 2.87. The molecule has 4 rings (SSSR count). The van der Waals surface area contributed by atoms with Gasteiger partial charge in [-0.3, -0.25) is 0 Å². The van der Waals surface area contributed by atoms with Gasteiger partial charge in [0.2, 0.25) is 5.88 Å². The lowest BCUT2D eigenvalue weighted by atomic mass is 10.1. The molecule has 0 aliphatic carbocycles. The van der Waals surface area contributed by atoms with Crippen LogP contribution < -0.4 is 9.64 Å². The summed E-state index contributed by atoms with van der Waals surface area (Å²) in [6, 6.07) is 14.1. The van der Waals surface area contributed by atoms with Gasteiger partial charge in [0.15, 0.2) is 5.82 Å². The lowest BCUT2D eigenvalue weighted by Gasteiger charge is -2.26. The topological polar surface area (TPSA) is 51.1 Å². The summed E-state index contributed by atoms with van der Waals surface area (Å²) in [5.74, 6) is 3.80. The summed E-state index contributed by atoms with van der Waals surface area (Å²) in [6.07, 6.45) is 0. The first-order chi connectivity index (χ1) is 11.8. The van der Waals surface area contributed by atoms with E-state index in [9.17, 15) is 0 Å². The van der Waals surface area contributed by atoms with Crippen LogP contribution >= 0.6 is 11.8 Å². The van der Waals surface area contributed by atoms with Gasteiger partial charge in [-0.15, -0.1) is 10.2 Å². The van der Waals surface area contributed by atoms with Crippen LogP contribution in [0.2, 0.25) is 0 Å². The maximum atomic E-state index is 5.46. The molecule has 1 aliphatic rings. The second-order valence-electron chi connectivity index (χ2n) is 5.61. The van der Waals surface area contributed by atoms with Gasteiger partial charge in [-0.05, 0) is 24.3 Å². The first-order valence-electron chi connectivity index (χ1n) is 7.96. The second-order valence-corrected chi connectivity index (χ2v) is 6.84. The van der Waals surface area contributed by atoms with Crippen LogP contribution in [0.3, 0.4) is 0 Å². The summed E-state index contributed by atoms with van der Waals surface area (Å²) in [6.45, 7) is 2.05. The highest BCUT2D eigenvalue weighted by Gasteiger charge is 2.15. The van der Waals surface area contributed by atoms with E-state index in [0.717, 1.165) is 52.6 Å². The zero-order valence-corrected chi connectivity index (χ0v) is 14.3. The first kappa shape index (κ1) is 15.2. The number of ether oxygens (including phenoxy) is 1. The molecule has 3 heterocycles. The fourth-order valence-corrected chi connectivity index (χ4v) is 3.77. The molecule has 6 heteroatoms. The number of anilines is 1. The van der Waals surface area contributed by atoms with Crippen LogP contribution in [0.1, 0.15) is 0 Å². The zero-order valence-electron chi connectivity index (χ0n) is 13.5. The number of nitrogens with zero attached hydrogens (tertiary/aromatic N) is 4. The predicted molar refractivity (Wildman–Crippen MR) is 98.9 cm³/mol. The Morgan fingerprint density at radius 3 is 2.62 bits per heavy atom. The molecule has 0 amide bonds. The number of benzene rings is 1. The van der Waals surface area contributed by atoms with Gasteiger partial charge in [-0.25, -0.2) is 4.98 Å². The lowest BCUT2D eigenvalue weighted by Crippen LogP contribution is -2.33. The van der Waals surface area contributed by atoms with E-state index < -0.39 is 0 Å². The van der Waals surface area contributed by atoms with Crippen LogP contribution in [0.5, 0.6) is 5.88 Å². The number of para-hydroxylation sites is 1. The van der Waals surface area contributed by atoms with Crippen molar-refractivity contribution >= 4 is 28.5 Å². The minimum Gasteiger partial charge on any atom is -0.480 e. The molecule has 0 atom stereocenters. The molecule has 1 saturated heterocycles. The standard InChI is InChI=1S/C18H18N4OS/c1-23-18-14(12-13-4-2-3-5-15(13)19-18)16-6-7-17(21-20-16)22-8-10-24-11-9-22/h2-7,12H,8-11H2,1H3. The van der Waals surface area contributed by atoms with E-state index in [4.69, 9.17) is 4.74 Å². The molecule has 0 spiro atoms. The summed E-state index contributed by atoms with van der Waals surface area (Å²) in [5, 5.41) is 9.90. The highest BCUT2D eigenvalue weighted by Crippen LogP contribution is 2.30. The van der Waals surface area contributed by atoms with Gasteiger partial charge in [0, 0.05) is 30.0 Å². The number of aromatic nitrogens is 3. The minimum atomic E-state index is 0.574. The van der Waals surface area contributed by atoms with Gasteiger partial charge in [0.25, 0.3) is 0 Å². The Kier molecular flexibility index (Phi) is 4.21. The van der Waals surface area contributed by atoms with E-state index in [2.05, 4.69) is 26.1 Å². The molecule has 0 bridgehead atoms. The van der Waals surface area contributed by atoms with Crippen molar-refractivity contribution in [2.75, 3.05) is 36.6 Å². The summed E-state index contributed by atoms with van der Waals surface area (Å²) in [4.78, 5) is 6.86. The quantitative estimate of drug-likeness (QED) is 0.731. The Hall–Kier alpha value is -2.34. The summed E-state index contributed by atoms with van der Waals surface area (Å²) < 4.78 is 5.46. The van der Waals surface area contributed by atoms with Crippen molar-refractivity contribution in [3.63, 3.8) is 0 Å². The van der Waals surface area contributed by atoms with Crippen molar-refractivity contribution in [3.05, 3.63) is 42.5 Å². The highest BCUT2D eigenvalue weighted by molar-refractivity contribution is 7.99. The van der Waals surface area contributed by atoms with E-state index in [1.807, 2.05) is 48.2 Å². The third-order valence-corrected chi connectivity index (χ3v) is 5.09. The van der Waals surface area contributed by atoms with Gasteiger partial charge < -0.3 is 9.64 Å². The van der Waals surface area contributed by atoms with E-state index in [-0.39, 0.29) is 0 Å². The van der Waals surface area contributed by atoms with Gasteiger partial charge in [-0.2, -0.15) is 11.8 Å². The molecule has 1 fully saturated rings. The van der Waals surface area contributed by atoms with Crippen LogP contribution in [0.25, 0.3) is 22.2 Å². The average molecular weight is 338 g/mol. The van der Waals surface area contributed by atoms with Crippen LogP contribution in [-0.2, 0) is 0 Å². The number of hydrogen-bond acceptors (Lipinski definition) is 6. The summed E-state index contributed by atoms with van der Waals surface area (Å²) >= 11 is 1.98. The number of hydrogen-bond donors (Lipinski definition) is 0. The van der Waals surface area contributed by atoms with E-state index >= 15 is 0 Å². The molecule has 1 aliphatic heterocycles. The van der Waals surface area contributed by atoms with Gasteiger partial charge >= 0.3 is 0 Å². The Balaban J connectivity index is 1.71. The molecule has 5 nitrogen and oxygen atoms in total. The van der Waals surface area contributed by atoms with Crippen molar-refractivity contribution in [1.29, 1.82) is 0 Å². The van der Waals surface area contributed by atoms with Gasteiger partial charge in [-0.1, -0.05) is 18.2 Å². The summed E-state index contributed by atoms with van der Waals surface area (Å²) in [5.41, 5.74) is 2.55. The number of methoxy groups -OCH3 is 1. The van der Waals surface area contributed by atoms with Crippen molar-refractivity contribution in [2.24, 2.45) is 0 Å². The normalized spacial score (nSPS) is 14.8. The van der Waals surface area contributed by atoms with E-state index in [1.165, 1.54) is 0 Å². The van der Waals surface area contributed by atoms with Crippen LogP contribution in [-0.4, -0.2) is 46.9 Å². The maximum absolute atomic E-state index is 5.46. The number of thioether (sulfide) groups is 1. The molecular weight excluding hydrogens is 320 g/mol. The molecule has 0 radical (unpaired) electrons. The minimum absolute atomic E-state index is 0.574. The van der Waals surface area contributed by atoms with Crippen molar-refractivity contribution in [2.45, 2.75) is 0 Å². The predicted octanol–water partition coefficient (Wildman–Crippen LogP) is 3.25. The second kappa shape index (κ2) is 6.65. The summed E-state index contributed by atoms with van der Waals surface area (Å²) in [7, 11) is 1.63. The molecule has 0 unspecified atom stereocenters. The molecular formula is C18H18N4OS. The largest absolute Gasteiger partial charge is 0.480 e. The van der Waals surface area contributed by atoms with E-state index in [0.29, 0.717) is 5.88 Å². The van der Waals surface area contributed by atoms with Crippen LogP contribution in [0.4, 0.5) is 5.82 Å². The lowest BCUT2D eigenvalue weighted by molar-refractivity contribution is 0.401. The molecule has 0 N–H and O–H groups in total. The molecule has 3 aromatic rings. The van der Waals surface area contributed by atoms with Crippen LogP contribution in [0, 0.1) is 0 Å². The Bertz CT molecular complexity index is 847. The fraction of sp³-hybridized carbons (Fsp3) is 0.278. The third kappa shape index (κ3) is 2.89.